The molecule has 1 nitrogen and oxygen atoms in total. The van der Waals surface area contributed by atoms with Gasteiger partial charge >= 0.3 is 0 Å². The molecule has 1 atom stereocenters. The fraction of sp³-hybridized carbons (Fsp3) is 0.0667. The Bertz CT molecular complexity index is 1200. The van der Waals surface area contributed by atoms with Gasteiger partial charge in [0.1, 0.15) is 0 Å². The van der Waals surface area contributed by atoms with Crippen molar-refractivity contribution in [3.63, 3.8) is 0 Å². The third-order valence-electron chi connectivity index (χ3n) is 5.80. The topological polar surface area (TPSA) is 12.0 Å². The number of rotatable bonds is 5. The summed E-state index contributed by atoms with van der Waals surface area (Å²) in [4.78, 5) is 0. The molecule has 0 spiro atoms. The molecule has 1 aliphatic rings. The summed E-state index contributed by atoms with van der Waals surface area (Å²) < 4.78 is 0. The summed E-state index contributed by atoms with van der Waals surface area (Å²) in [7, 11) is 0. The van der Waals surface area contributed by atoms with E-state index in [0.717, 1.165) is 17.8 Å². The van der Waals surface area contributed by atoms with E-state index in [0.29, 0.717) is 5.92 Å². The van der Waals surface area contributed by atoms with Crippen LogP contribution in [-0.2, 0) is 0 Å². The Hall–Kier alpha value is -3.84. The fourth-order valence-electron chi connectivity index (χ4n) is 4.10. The van der Waals surface area contributed by atoms with Gasteiger partial charge in [-0.15, -0.1) is 0 Å². The predicted octanol–water partition coefficient (Wildman–Crippen LogP) is 8.22. The monoisotopic (exact) mass is 399 g/mol. The van der Waals surface area contributed by atoms with Crippen LogP contribution < -0.4 is 5.32 Å². The van der Waals surface area contributed by atoms with Crippen molar-refractivity contribution in [3.05, 3.63) is 139 Å². The van der Waals surface area contributed by atoms with Crippen LogP contribution in [0.1, 0.15) is 23.5 Å². The van der Waals surface area contributed by atoms with E-state index < -0.39 is 0 Å². The molecule has 0 radical (unpaired) electrons. The maximum atomic E-state index is 3.54. The summed E-state index contributed by atoms with van der Waals surface area (Å²) >= 11 is 0. The van der Waals surface area contributed by atoms with Crippen LogP contribution in [0.2, 0.25) is 0 Å². The fourth-order valence-corrected chi connectivity index (χ4v) is 4.10. The molecule has 31 heavy (non-hydrogen) atoms. The van der Waals surface area contributed by atoms with Crippen LogP contribution in [0.4, 0.5) is 11.4 Å². The zero-order valence-corrected chi connectivity index (χ0v) is 17.4. The van der Waals surface area contributed by atoms with Gasteiger partial charge in [-0.05, 0) is 58.5 Å². The Morgan fingerprint density at radius 2 is 1.26 bits per heavy atom. The Morgan fingerprint density at radius 3 is 1.94 bits per heavy atom. The van der Waals surface area contributed by atoms with Gasteiger partial charge in [-0.3, -0.25) is 0 Å². The quantitative estimate of drug-likeness (QED) is 0.356. The lowest BCUT2D eigenvalue weighted by Gasteiger charge is -2.17. The summed E-state index contributed by atoms with van der Waals surface area (Å²) in [6, 6.07) is 38.5. The number of nitrogens with one attached hydrogen (secondary N) is 1. The number of allylic oxidation sites excluding steroid dienone is 4. The highest BCUT2D eigenvalue weighted by Gasteiger charge is 2.12. The first-order valence-corrected chi connectivity index (χ1v) is 10.8. The van der Waals surface area contributed by atoms with Crippen molar-refractivity contribution in [3.8, 4) is 11.1 Å². The highest BCUT2D eigenvalue weighted by atomic mass is 14.9. The maximum Gasteiger partial charge on any atom is 0.0390 e. The molecule has 1 aliphatic carbocycles. The number of benzene rings is 4. The van der Waals surface area contributed by atoms with Crippen LogP contribution in [0.25, 0.3) is 16.7 Å². The van der Waals surface area contributed by atoms with Crippen molar-refractivity contribution in [1.82, 2.24) is 0 Å². The van der Waals surface area contributed by atoms with Gasteiger partial charge in [-0.25, -0.2) is 0 Å². The Morgan fingerprint density at radius 1 is 0.581 bits per heavy atom. The first-order valence-electron chi connectivity index (χ1n) is 10.8. The Labute approximate surface area is 184 Å². The highest BCUT2D eigenvalue weighted by Crippen LogP contribution is 2.31. The molecule has 4 aromatic carbocycles. The van der Waals surface area contributed by atoms with Crippen LogP contribution in [0.3, 0.4) is 0 Å². The first-order chi connectivity index (χ1) is 15.3. The lowest BCUT2D eigenvalue weighted by atomic mass is 9.88. The third kappa shape index (κ3) is 4.51. The second-order valence-electron chi connectivity index (χ2n) is 7.92. The molecule has 1 N–H and O–H groups in total. The van der Waals surface area contributed by atoms with Crippen molar-refractivity contribution in [2.24, 2.45) is 0 Å². The average molecular weight is 400 g/mol. The van der Waals surface area contributed by atoms with Crippen LogP contribution in [-0.4, -0.2) is 0 Å². The van der Waals surface area contributed by atoms with E-state index in [1.165, 1.54) is 27.8 Å². The normalized spacial score (nSPS) is 15.4. The van der Waals surface area contributed by atoms with Gasteiger partial charge in [0, 0.05) is 17.3 Å². The number of hydrogen-bond donors (Lipinski definition) is 1. The second kappa shape index (κ2) is 8.89. The summed E-state index contributed by atoms with van der Waals surface area (Å²) in [5, 5.41) is 3.54. The van der Waals surface area contributed by atoms with E-state index in [1.54, 1.807) is 0 Å². The van der Waals surface area contributed by atoms with Crippen molar-refractivity contribution in [2.45, 2.75) is 12.3 Å². The molecule has 0 saturated heterocycles. The van der Waals surface area contributed by atoms with E-state index >= 15 is 0 Å². The molecule has 0 saturated carbocycles. The Balaban J connectivity index is 1.26. The van der Waals surface area contributed by atoms with Gasteiger partial charge in [0.2, 0.25) is 0 Å². The van der Waals surface area contributed by atoms with Crippen molar-refractivity contribution in [1.29, 1.82) is 0 Å². The first kappa shape index (κ1) is 19.1. The van der Waals surface area contributed by atoms with E-state index in [2.05, 4.69) is 127 Å². The lowest BCUT2D eigenvalue weighted by molar-refractivity contribution is 0.857. The van der Waals surface area contributed by atoms with E-state index in [-0.39, 0.29) is 0 Å². The third-order valence-corrected chi connectivity index (χ3v) is 5.80. The van der Waals surface area contributed by atoms with Crippen LogP contribution >= 0.6 is 0 Å². The van der Waals surface area contributed by atoms with Crippen molar-refractivity contribution < 1.29 is 0 Å². The zero-order chi connectivity index (χ0) is 20.9. The summed E-state index contributed by atoms with van der Waals surface area (Å²) in [5.74, 6) is 0.433. The summed E-state index contributed by atoms with van der Waals surface area (Å²) in [5.41, 5.74) is 8.60. The molecule has 5 rings (SSSR count). The SMILES string of the molecule is C1=CC(c2ccc(Nc3cccc(-c4ccccc4)c3)cc2)CC=C1c1ccccc1. The van der Waals surface area contributed by atoms with Gasteiger partial charge in [-0.1, -0.05) is 103 Å². The molecule has 1 unspecified atom stereocenters. The minimum Gasteiger partial charge on any atom is -0.356 e. The molecular formula is C30H25N. The van der Waals surface area contributed by atoms with Gasteiger partial charge < -0.3 is 5.32 Å². The molecule has 0 bridgehead atoms. The largest absolute Gasteiger partial charge is 0.356 e. The lowest BCUT2D eigenvalue weighted by Crippen LogP contribution is -1.99. The number of hydrogen-bond acceptors (Lipinski definition) is 1. The molecule has 0 amide bonds. The maximum absolute atomic E-state index is 3.54. The van der Waals surface area contributed by atoms with Gasteiger partial charge in [0.25, 0.3) is 0 Å². The Kier molecular flexibility index (Phi) is 5.49. The highest BCUT2D eigenvalue weighted by molar-refractivity contribution is 5.75. The van der Waals surface area contributed by atoms with E-state index in [9.17, 15) is 0 Å². The molecule has 150 valence electrons. The molecular weight excluding hydrogens is 374 g/mol. The summed E-state index contributed by atoms with van der Waals surface area (Å²) in [6.07, 6.45) is 7.96. The van der Waals surface area contributed by atoms with Crippen molar-refractivity contribution in [2.75, 3.05) is 5.32 Å². The smallest absolute Gasteiger partial charge is 0.0390 e. The second-order valence-corrected chi connectivity index (χ2v) is 7.92. The van der Waals surface area contributed by atoms with Gasteiger partial charge in [0.15, 0.2) is 0 Å². The molecule has 0 aliphatic heterocycles. The van der Waals surface area contributed by atoms with E-state index in [4.69, 9.17) is 0 Å². The molecule has 0 fully saturated rings. The minimum absolute atomic E-state index is 0.433. The summed E-state index contributed by atoms with van der Waals surface area (Å²) in [6.45, 7) is 0. The van der Waals surface area contributed by atoms with Crippen LogP contribution in [0.15, 0.2) is 127 Å². The van der Waals surface area contributed by atoms with Crippen molar-refractivity contribution >= 4 is 16.9 Å². The zero-order valence-electron chi connectivity index (χ0n) is 17.4. The minimum atomic E-state index is 0.433. The van der Waals surface area contributed by atoms with Crippen LogP contribution in [0.5, 0.6) is 0 Å². The van der Waals surface area contributed by atoms with Gasteiger partial charge in [0.05, 0.1) is 0 Å². The molecule has 4 aromatic rings. The standard InChI is InChI=1S/C30H25N/c1-3-8-23(9-4-1)25-14-16-26(17-15-25)27-18-20-29(21-19-27)31-30-13-7-12-28(22-30)24-10-5-2-6-11-24/h1-16,18-22,26,31H,17H2. The predicted molar refractivity (Wildman–Crippen MR) is 133 cm³/mol. The molecule has 1 heteroatoms. The van der Waals surface area contributed by atoms with Crippen LogP contribution in [0, 0.1) is 0 Å². The average Bonchev–Trinajstić information content (AvgIpc) is 2.86. The number of anilines is 2. The van der Waals surface area contributed by atoms with E-state index in [1.807, 2.05) is 6.07 Å². The molecule has 0 aromatic heterocycles. The van der Waals surface area contributed by atoms with Gasteiger partial charge in [-0.2, -0.15) is 0 Å². The molecule has 0 heterocycles.